The van der Waals surface area contributed by atoms with E-state index in [-0.39, 0.29) is 18.4 Å². The molecule has 4 heteroatoms. The Labute approximate surface area is 120 Å². The van der Waals surface area contributed by atoms with Crippen LogP contribution in [0.3, 0.4) is 0 Å². The van der Waals surface area contributed by atoms with Crippen molar-refractivity contribution in [3.05, 3.63) is 42.0 Å². The number of benzene rings is 1. The molecule has 0 radical (unpaired) electrons. The molecule has 0 fully saturated rings. The van der Waals surface area contributed by atoms with Gasteiger partial charge in [0.1, 0.15) is 5.84 Å². The minimum atomic E-state index is -0.235. The van der Waals surface area contributed by atoms with Crippen LogP contribution in [0.4, 0.5) is 0 Å². The normalized spacial score (nSPS) is 12.9. The quantitative estimate of drug-likeness (QED) is 0.639. The number of carbonyl (C=O) groups is 1. The Morgan fingerprint density at radius 3 is 2.75 bits per heavy atom. The maximum Gasteiger partial charge on any atom is 0.239 e. The summed E-state index contributed by atoms with van der Waals surface area (Å²) >= 11 is 0. The van der Waals surface area contributed by atoms with Crippen molar-refractivity contribution in [3.63, 3.8) is 0 Å². The predicted octanol–water partition coefficient (Wildman–Crippen LogP) is 2.49. The summed E-state index contributed by atoms with van der Waals surface area (Å²) in [6, 6.07) is 7.96. The predicted molar refractivity (Wildman–Crippen MR) is 84.3 cm³/mol. The fourth-order valence-corrected chi connectivity index (χ4v) is 1.68. The number of nitrogens with one attached hydrogen (secondary N) is 1. The first-order valence-electron chi connectivity index (χ1n) is 6.82. The molecule has 4 nitrogen and oxygen atoms in total. The third-order valence-corrected chi connectivity index (χ3v) is 3.14. The van der Waals surface area contributed by atoms with Gasteiger partial charge in [0.15, 0.2) is 0 Å². The highest BCUT2D eigenvalue weighted by Crippen LogP contribution is 2.16. The van der Waals surface area contributed by atoms with E-state index >= 15 is 0 Å². The Bertz CT molecular complexity index is 520. The summed E-state index contributed by atoms with van der Waals surface area (Å²) in [6.45, 7) is 10.0. The molecular weight excluding hydrogens is 250 g/mol. The summed E-state index contributed by atoms with van der Waals surface area (Å²) in [6.07, 6.45) is 0.880. The molecule has 0 saturated carbocycles. The number of hydrogen-bond donors (Lipinski definition) is 2. The van der Waals surface area contributed by atoms with Crippen LogP contribution in [0.25, 0.3) is 5.70 Å². The molecule has 0 saturated heterocycles. The maximum atomic E-state index is 11.5. The number of nitrogens with two attached hydrogens (primary N) is 1. The third-order valence-electron chi connectivity index (χ3n) is 3.14. The molecular formula is C16H23N3O. The van der Waals surface area contributed by atoms with Gasteiger partial charge in [-0.05, 0) is 25.0 Å². The fourth-order valence-electron chi connectivity index (χ4n) is 1.68. The van der Waals surface area contributed by atoms with Crippen molar-refractivity contribution in [2.75, 3.05) is 6.54 Å². The number of carbonyl (C=O) groups excluding carboxylic acids is 1. The molecule has 3 N–H and O–H groups in total. The van der Waals surface area contributed by atoms with Crippen LogP contribution in [0.5, 0.6) is 0 Å². The van der Waals surface area contributed by atoms with Crippen molar-refractivity contribution in [1.29, 1.82) is 0 Å². The lowest BCUT2D eigenvalue weighted by Gasteiger charge is -2.15. The minimum Gasteiger partial charge on any atom is -0.322 e. The highest BCUT2D eigenvalue weighted by molar-refractivity contribution is 6.01. The van der Waals surface area contributed by atoms with E-state index in [2.05, 4.69) is 16.9 Å². The van der Waals surface area contributed by atoms with Crippen molar-refractivity contribution in [3.8, 4) is 0 Å². The largest absolute Gasteiger partial charge is 0.322 e. The van der Waals surface area contributed by atoms with E-state index in [1.54, 1.807) is 0 Å². The van der Waals surface area contributed by atoms with Crippen LogP contribution >= 0.6 is 0 Å². The van der Waals surface area contributed by atoms with E-state index in [1.165, 1.54) is 0 Å². The number of nitrogens with zero attached hydrogens (tertiary/aromatic N) is 1. The first-order chi connectivity index (χ1) is 9.47. The molecule has 108 valence electrons. The zero-order valence-corrected chi connectivity index (χ0v) is 12.4. The molecule has 0 spiro atoms. The monoisotopic (exact) mass is 273 g/mol. The average molecular weight is 273 g/mol. The average Bonchev–Trinajstić information content (AvgIpc) is 2.45. The van der Waals surface area contributed by atoms with Crippen molar-refractivity contribution < 1.29 is 4.79 Å². The molecule has 0 aliphatic rings. The summed E-state index contributed by atoms with van der Waals surface area (Å²) in [4.78, 5) is 15.9. The zero-order chi connectivity index (χ0) is 15.1. The SMILES string of the molecule is C=C(N=C(NC(=O)CN)C(C)CC)c1cccc(C)c1. The highest BCUT2D eigenvalue weighted by atomic mass is 16.1. The van der Waals surface area contributed by atoms with E-state index < -0.39 is 0 Å². The van der Waals surface area contributed by atoms with E-state index in [0.29, 0.717) is 11.5 Å². The lowest BCUT2D eigenvalue weighted by Crippen LogP contribution is -2.38. The van der Waals surface area contributed by atoms with Gasteiger partial charge in [-0.1, -0.05) is 44.2 Å². The summed E-state index contributed by atoms with van der Waals surface area (Å²) < 4.78 is 0. The standard InChI is InChI=1S/C16H23N3O/c1-5-12(3)16(19-15(20)10-17)18-13(4)14-8-6-7-11(2)9-14/h6-9,12H,4-5,10,17H2,1-3H3,(H,18,19,20). The van der Waals surface area contributed by atoms with Gasteiger partial charge in [-0.2, -0.15) is 0 Å². The molecule has 1 unspecified atom stereocenters. The Kier molecular flexibility index (Phi) is 6.12. The summed E-state index contributed by atoms with van der Waals surface area (Å²) in [5, 5.41) is 2.76. The molecule has 0 bridgehead atoms. The van der Waals surface area contributed by atoms with Crippen molar-refractivity contribution in [2.45, 2.75) is 27.2 Å². The summed E-state index contributed by atoms with van der Waals surface area (Å²) in [7, 11) is 0. The first-order valence-corrected chi connectivity index (χ1v) is 6.82. The van der Waals surface area contributed by atoms with Crippen LogP contribution in [0.1, 0.15) is 31.4 Å². The Morgan fingerprint density at radius 2 is 2.20 bits per heavy atom. The summed E-state index contributed by atoms with van der Waals surface area (Å²) in [5.74, 6) is 0.530. The smallest absolute Gasteiger partial charge is 0.239 e. The number of amidine groups is 1. The van der Waals surface area contributed by atoms with E-state index in [9.17, 15) is 4.79 Å². The van der Waals surface area contributed by atoms with Gasteiger partial charge in [-0.25, -0.2) is 4.99 Å². The van der Waals surface area contributed by atoms with Gasteiger partial charge in [0.2, 0.25) is 5.91 Å². The second-order valence-corrected chi connectivity index (χ2v) is 4.87. The molecule has 0 aromatic heterocycles. The van der Waals surface area contributed by atoms with Crippen LogP contribution in [0.2, 0.25) is 0 Å². The molecule has 1 aromatic rings. The number of aliphatic imine (C=N–C) groups is 1. The molecule has 1 rings (SSSR count). The lowest BCUT2D eigenvalue weighted by molar-refractivity contribution is -0.118. The number of amides is 1. The zero-order valence-electron chi connectivity index (χ0n) is 12.4. The van der Waals surface area contributed by atoms with Crippen LogP contribution < -0.4 is 11.1 Å². The first kappa shape index (κ1) is 16.1. The van der Waals surface area contributed by atoms with Gasteiger partial charge >= 0.3 is 0 Å². The number of rotatable bonds is 5. The van der Waals surface area contributed by atoms with Crippen molar-refractivity contribution >= 4 is 17.4 Å². The summed E-state index contributed by atoms with van der Waals surface area (Å²) in [5.41, 5.74) is 8.07. The maximum absolute atomic E-state index is 11.5. The second-order valence-electron chi connectivity index (χ2n) is 4.87. The molecule has 0 aliphatic heterocycles. The topological polar surface area (TPSA) is 67.5 Å². The van der Waals surface area contributed by atoms with Gasteiger partial charge in [-0.3, -0.25) is 4.79 Å². The van der Waals surface area contributed by atoms with Crippen molar-refractivity contribution in [2.24, 2.45) is 16.6 Å². The second kappa shape index (κ2) is 7.60. The van der Waals surface area contributed by atoms with Crippen LogP contribution in [0, 0.1) is 12.8 Å². The van der Waals surface area contributed by atoms with Gasteiger partial charge in [0, 0.05) is 5.92 Å². The molecule has 1 aromatic carbocycles. The van der Waals surface area contributed by atoms with Crippen LogP contribution in [-0.4, -0.2) is 18.3 Å². The molecule has 0 aliphatic carbocycles. The molecule has 1 amide bonds. The van der Waals surface area contributed by atoms with Crippen LogP contribution in [-0.2, 0) is 4.79 Å². The van der Waals surface area contributed by atoms with Gasteiger partial charge in [0.05, 0.1) is 12.2 Å². The minimum absolute atomic E-state index is 0.0492. The molecule has 20 heavy (non-hydrogen) atoms. The van der Waals surface area contributed by atoms with E-state index in [0.717, 1.165) is 17.5 Å². The number of hydrogen-bond acceptors (Lipinski definition) is 3. The van der Waals surface area contributed by atoms with Gasteiger partial charge in [0.25, 0.3) is 0 Å². The Morgan fingerprint density at radius 1 is 1.50 bits per heavy atom. The Balaban J connectivity index is 3.00. The third kappa shape index (κ3) is 4.63. The Hall–Kier alpha value is -1.94. The number of aryl methyl sites for hydroxylation is 1. The van der Waals surface area contributed by atoms with E-state index in [1.807, 2.05) is 45.0 Å². The molecule has 0 heterocycles. The van der Waals surface area contributed by atoms with E-state index in [4.69, 9.17) is 5.73 Å². The van der Waals surface area contributed by atoms with Crippen LogP contribution in [0.15, 0.2) is 35.8 Å². The van der Waals surface area contributed by atoms with Crippen molar-refractivity contribution in [1.82, 2.24) is 5.32 Å². The lowest BCUT2D eigenvalue weighted by atomic mass is 10.1. The highest BCUT2D eigenvalue weighted by Gasteiger charge is 2.12. The fraction of sp³-hybridized carbons (Fsp3) is 0.375. The molecule has 1 atom stereocenters. The van der Waals surface area contributed by atoms with Gasteiger partial charge in [-0.15, -0.1) is 0 Å². The van der Waals surface area contributed by atoms with Gasteiger partial charge < -0.3 is 11.1 Å².